The van der Waals surface area contributed by atoms with Crippen molar-refractivity contribution in [2.24, 2.45) is 0 Å². The number of aryl methyl sites for hydroxylation is 1. The largest absolute Gasteiger partial charge is 0.254 e. The minimum Gasteiger partial charge on any atom is -0.254 e. The lowest BCUT2D eigenvalue weighted by Gasteiger charge is -1.97. The molecule has 0 aliphatic carbocycles. The van der Waals surface area contributed by atoms with Crippen molar-refractivity contribution in [3.8, 4) is 0 Å². The zero-order chi connectivity index (χ0) is 11.4. The van der Waals surface area contributed by atoms with E-state index in [-0.39, 0.29) is 0 Å². The Hall–Kier alpha value is -1.60. The SMILES string of the molecule is Cc1cccc(/C=C/c2ccccc2Cl)n1. The summed E-state index contributed by atoms with van der Waals surface area (Å²) in [5.74, 6) is 0. The van der Waals surface area contributed by atoms with E-state index in [1.54, 1.807) is 0 Å². The van der Waals surface area contributed by atoms with E-state index in [1.165, 1.54) is 0 Å². The first kappa shape index (κ1) is 10.9. The smallest absolute Gasteiger partial charge is 0.0633 e. The molecule has 1 aromatic carbocycles. The standard InChI is InChI=1S/C14H12ClN/c1-11-5-4-7-13(16-11)10-9-12-6-2-3-8-14(12)15/h2-10H,1H3/b10-9+. The van der Waals surface area contributed by atoms with Crippen LogP contribution in [-0.2, 0) is 0 Å². The number of aromatic nitrogens is 1. The second-order valence-corrected chi connectivity index (χ2v) is 3.97. The van der Waals surface area contributed by atoms with Gasteiger partial charge in [0.2, 0.25) is 0 Å². The number of hydrogen-bond donors (Lipinski definition) is 0. The number of pyridine rings is 1. The summed E-state index contributed by atoms with van der Waals surface area (Å²) >= 11 is 6.05. The number of halogens is 1. The fourth-order valence-electron chi connectivity index (χ4n) is 1.44. The highest BCUT2D eigenvalue weighted by atomic mass is 35.5. The van der Waals surface area contributed by atoms with Crippen LogP contribution in [0.3, 0.4) is 0 Å². The predicted molar refractivity (Wildman–Crippen MR) is 69.4 cm³/mol. The van der Waals surface area contributed by atoms with Gasteiger partial charge < -0.3 is 0 Å². The fraction of sp³-hybridized carbons (Fsp3) is 0.0714. The molecule has 0 radical (unpaired) electrons. The van der Waals surface area contributed by atoms with Crippen molar-refractivity contribution in [1.82, 2.24) is 4.98 Å². The van der Waals surface area contributed by atoms with Crippen LogP contribution in [0.5, 0.6) is 0 Å². The maximum atomic E-state index is 6.05. The highest BCUT2D eigenvalue weighted by molar-refractivity contribution is 6.32. The van der Waals surface area contributed by atoms with Crippen molar-refractivity contribution in [2.45, 2.75) is 6.92 Å². The van der Waals surface area contributed by atoms with Crippen LogP contribution in [0.2, 0.25) is 5.02 Å². The zero-order valence-corrected chi connectivity index (χ0v) is 9.78. The Labute approximate surface area is 100 Å². The van der Waals surface area contributed by atoms with E-state index in [9.17, 15) is 0 Å². The molecule has 0 bridgehead atoms. The van der Waals surface area contributed by atoms with Gasteiger partial charge in [-0.3, -0.25) is 4.98 Å². The molecular formula is C14H12ClN. The Bertz CT molecular complexity index is 518. The van der Waals surface area contributed by atoms with E-state index in [4.69, 9.17) is 11.6 Å². The molecule has 0 amide bonds. The monoisotopic (exact) mass is 229 g/mol. The minimum atomic E-state index is 0.756. The molecule has 80 valence electrons. The van der Waals surface area contributed by atoms with Gasteiger partial charge in [0.1, 0.15) is 0 Å². The molecule has 16 heavy (non-hydrogen) atoms. The van der Waals surface area contributed by atoms with E-state index in [1.807, 2.05) is 61.5 Å². The predicted octanol–water partition coefficient (Wildman–Crippen LogP) is 4.21. The van der Waals surface area contributed by atoms with Gasteiger partial charge in [-0.2, -0.15) is 0 Å². The van der Waals surface area contributed by atoms with Crippen LogP contribution in [0.15, 0.2) is 42.5 Å². The van der Waals surface area contributed by atoms with Crippen molar-refractivity contribution in [3.63, 3.8) is 0 Å². The Morgan fingerprint density at radius 1 is 1.00 bits per heavy atom. The average molecular weight is 230 g/mol. The van der Waals surface area contributed by atoms with Gasteiger partial charge in [0.25, 0.3) is 0 Å². The molecule has 2 heteroatoms. The number of hydrogen-bond acceptors (Lipinski definition) is 1. The van der Waals surface area contributed by atoms with Crippen LogP contribution < -0.4 is 0 Å². The summed E-state index contributed by atoms with van der Waals surface area (Å²) in [6.07, 6.45) is 3.94. The van der Waals surface area contributed by atoms with E-state index >= 15 is 0 Å². The van der Waals surface area contributed by atoms with E-state index in [2.05, 4.69) is 4.98 Å². The van der Waals surface area contributed by atoms with Crippen molar-refractivity contribution in [2.75, 3.05) is 0 Å². The molecule has 0 saturated carbocycles. The lowest BCUT2D eigenvalue weighted by molar-refractivity contribution is 1.18. The molecular weight excluding hydrogens is 218 g/mol. The normalized spacial score (nSPS) is 10.9. The summed E-state index contributed by atoms with van der Waals surface area (Å²) in [6.45, 7) is 1.98. The molecule has 0 aliphatic heterocycles. The summed E-state index contributed by atoms with van der Waals surface area (Å²) in [4.78, 5) is 4.39. The first-order chi connectivity index (χ1) is 7.75. The van der Waals surface area contributed by atoms with Crippen molar-refractivity contribution in [1.29, 1.82) is 0 Å². The van der Waals surface area contributed by atoms with Crippen LogP contribution in [-0.4, -0.2) is 4.98 Å². The highest BCUT2D eigenvalue weighted by Crippen LogP contribution is 2.17. The third-order valence-corrected chi connectivity index (χ3v) is 2.59. The van der Waals surface area contributed by atoms with Gasteiger partial charge in [0.05, 0.1) is 5.69 Å². The number of nitrogens with zero attached hydrogens (tertiary/aromatic N) is 1. The third-order valence-electron chi connectivity index (χ3n) is 2.25. The van der Waals surface area contributed by atoms with Crippen LogP contribution in [0.1, 0.15) is 17.0 Å². The van der Waals surface area contributed by atoms with Gasteiger partial charge in [-0.1, -0.05) is 41.9 Å². The summed E-state index contributed by atoms with van der Waals surface area (Å²) in [7, 11) is 0. The maximum Gasteiger partial charge on any atom is 0.0633 e. The number of benzene rings is 1. The maximum absolute atomic E-state index is 6.05. The Morgan fingerprint density at radius 2 is 1.81 bits per heavy atom. The Balaban J connectivity index is 2.25. The van der Waals surface area contributed by atoms with Crippen molar-refractivity contribution in [3.05, 3.63) is 64.4 Å². The van der Waals surface area contributed by atoms with E-state index in [0.29, 0.717) is 0 Å². The summed E-state index contributed by atoms with van der Waals surface area (Å²) < 4.78 is 0. The first-order valence-corrected chi connectivity index (χ1v) is 5.50. The Morgan fingerprint density at radius 3 is 2.56 bits per heavy atom. The fourth-order valence-corrected chi connectivity index (χ4v) is 1.64. The van der Waals surface area contributed by atoms with E-state index < -0.39 is 0 Å². The molecule has 2 aromatic rings. The molecule has 0 fully saturated rings. The molecule has 0 aliphatic rings. The van der Waals surface area contributed by atoms with Crippen LogP contribution in [0.25, 0.3) is 12.2 Å². The average Bonchev–Trinajstić information content (AvgIpc) is 2.28. The molecule has 0 spiro atoms. The molecule has 1 aromatic heterocycles. The topological polar surface area (TPSA) is 12.9 Å². The molecule has 2 rings (SSSR count). The molecule has 0 N–H and O–H groups in total. The van der Waals surface area contributed by atoms with Gasteiger partial charge in [-0.25, -0.2) is 0 Å². The first-order valence-electron chi connectivity index (χ1n) is 5.12. The third kappa shape index (κ3) is 2.71. The van der Waals surface area contributed by atoms with Gasteiger partial charge in [-0.05, 0) is 36.8 Å². The van der Waals surface area contributed by atoms with Crippen LogP contribution in [0.4, 0.5) is 0 Å². The minimum absolute atomic E-state index is 0.756. The Kier molecular flexibility index (Phi) is 3.37. The van der Waals surface area contributed by atoms with Crippen LogP contribution >= 0.6 is 11.6 Å². The van der Waals surface area contributed by atoms with Crippen LogP contribution in [0, 0.1) is 6.92 Å². The van der Waals surface area contributed by atoms with Gasteiger partial charge in [-0.15, -0.1) is 0 Å². The van der Waals surface area contributed by atoms with Crippen molar-refractivity contribution >= 4 is 23.8 Å². The summed E-state index contributed by atoms with van der Waals surface area (Å²) in [6, 6.07) is 13.7. The van der Waals surface area contributed by atoms with Gasteiger partial charge in [0.15, 0.2) is 0 Å². The lowest BCUT2D eigenvalue weighted by atomic mass is 10.2. The zero-order valence-electron chi connectivity index (χ0n) is 9.02. The van der Waals surface area contributed by atoms with Gasteiger partial charge in [0, 0.05) is 10.7 Å². The molecule has 0 saturated heterocycles. The van der Waals surface area contributed by atoms with Gasteiger partial charge >= 0.3 is 0 Å². The molecule has 1 heterocycles. The molecule has 0 atom stereocenters. The molecule has 1 nitrogen and oxygen atoms in total. The quantitative estimate of drug-likeness (QED) is 0.752. The highest BCUT2D eigenvalue weighted by Gasteiger charge is 1.94. The molecule has 0 unspecified atom stereocenters. The van der Waals surface area contributed by atoms with E-state index in [0.717, 1.165) is 22.0 Å². The lowest BCUT2D eigenvalue weighted by Crippen LogP contribution is -1.83. The number of rotatable bonds is 2. The summed E-state index contributed by atoms with van der Waals surface area (Å²) in [5, 5.41) is 0.756. The second kappa shape index (κ2) is 4.95. The van der Waals surface area contributed by atoms with Crippen molar-refractivity contribution < 1.29 is 0 Å². The second-order valence-electron chi connectivity index (χ2n) is 3.56. The summed E-state index contributed by atoms with van der Waals surface area (Å²) in [5.41, 5.74) is 2.97.